The molecule has 0 aliphatic heterocycles. The molecule has 0 saturated heterocycles. The summed E-state index contributed by atoms with van der Waals surface area (Å²) in [6.07, 6.45) is -0.494. The number of rotatable bonds is 3. The van der Waals surface area contributed by atoms with Crippen molar-refractivity contribution >= 4 is 12.0 Å². The lowest BCUT2D eigenvalue weighted by molar-refractivity contribution is -0.122. The van der Waals surface area contributed by atoms with Crippen molar-refractivity contribution < 1.29 is 14.3 Å². The molecule has 2 amide bonds. The zero-order valence-electron chi connectivity index (χ0n) is 11.0. The van der Waals surface area contributed by atoms with Gasteiger partial charge in [-0.15, -0.1) is 0 Å². The monoisotopic (exact) mass is 230 g/mol. The van der Waals surface area contributed by atoms with Gasteiger partial charge in [0.05, 0.1) is 0 Å². The van der Waals surface area contributed by atoms with E-state index in [4.69, 9.17) is 4.74 Å². The number of hydrogen-bond donors (Lipinski definition) is 1. The van der Waals surface area contributed by atoms with E-state index in [-0.39, 0.29) is 18.5 Å². The Kier molecular flexibility index (Phi) is 5.27. The van der Waals surface area contributed by atoms with Gasteiger partial charge in [-0.05, 0) is 34.6 Å². The summed E-state index contributed by atoms with van der Waals surface area (Å²) in [7, 11) is 1.54. The Hall–Kier alpha value is -1.26. The lowest BCUT2D eigenvalue weighted by Gasteiger charge is -2.24. The van der Waals surface area contributed by atoms with E-state index in [2.05, 4.69) is 5.32 Å². The van der Waals surface area contributed by atoms with Crippen molar-refractivity contribution in [3.05, 3.63) is 0 Å². The predicted molar refractivity (Wildman–Crippen MR) is 62.1 cm³/mol. The van der Waals surface area contributed by atoms with Crippen molar-refractivity contribution in [2.75, 3.05) is 13.6 Å². The summed E-state index contributed by atoms with van der Waals surface area (Å²) in [6.45, 7) is 9.09. The van der Waals surface area contributed by atoms with Crippen LogP contribution in [0.4, 0.5) is 4.79 Å². The standard InChI is InChI=1S/C11H22N2O3/c1-8(2)12-9(14)7-13(6)10(15)16-11(3,4)5/h8H,7H2,1-6H3,(H,12,14). The van der Waals surface area contributed by atoms with Gasteiger partial charge in [0.2, 0.25) is 5.91 Å². The number of carbonyl (C=O) groups is 2. The molecule has 5 heteroatoms. The summed E-state index contributed by atoms with van der Waals surface area (Å²) in [5, 5.41) is 2.70. The van der Waals surface area contributed by atoms with Crippen LogP contribution in [0.3, 0.4) is 0 Å². The smallest absolute Gasteiger partial charge is 0.410 e. The largest absolute Gasteiger partial charge is 0.444 e. The van der Waals surface area contributed by atoms with Gasteiger partial charge in [-0.25, -0.2) is 4.79 Å². The maximum Gasteiger partial charge on any atom is 0.410 e. The van der Waals surface area contributed by atoms with Crippen molar-refractivity contribution in [1.29, 1.82) is 0 Å². The van der Waals surface area contributed by atoms with E-state index < -0.39 is 11.7 Å². The lowest BCUT2D eigenvalue weighted by Crippen LogP contribution is -2.42. The Labute approximate surface area is 97.1 Å². The molecular weight excluding hydrogens is 208 g/mol. The van der Waals surface area contributed by atoms with Crippen LogP contribution in [0.15, 0.2) is 0 Å². The van der Waals surface area contributed by atoms with Crippen molar-refractivity contribution in [2.24, 2.45) is 0 Å². The quantitative estimate of drug-likeness (QED) is 0.796. The van der Waals surface area contributed by atoms with E-state index in [0.29, 0.717) is 0 Å². The van der Waals surface area contributed by atoms with Crippen LogP contribution in [0.2, 0.25) is 0 Å². The normalized spacial score (nSPS) is 11.2. The fourth-order valence-electron chi connectivity index (χ4n) is 0.987. The highest BCUT2D eigenvalue weighted by molar-refractivity contribution is 5.82. The molecule has 0 bridgehead atoms. The van der Waals surface area contributed by atoms with Crippen LogP contribution in [-0.4, -0.2) is 42.1 Å². The van der Waals surface area contributed by atoms with E-state index in [9.17, 15) is 9.59 Å². The van der Waals surface area contributed by atoms with Crippen LogP contribution >= 0.6 is 0 Å². The molecule has 0 unspecified atom stereocenters. The fourth-order valence-corrected chi connectivity index (χ4v) is 0.987. The van der Waals surface area contributed by atoms with Gasteiger partial charge >= 0.3 is 6.09 Å². The van der Waals surface area contributed by atoms with Crippen LogP contribution in [0.1, 0.15) is 34.6 Å². The Balaban J connectivity index is 4.11. The second-order valence-electron chi connectivity index (χ2n) is 5.06. The van der Waals surface area contributed by atoms with Gasteiger partial charge in [-0.1, -0.05) is 0 Å². The first kappa shape index (κ1) is 14.7. The van der Waals surface area contributed by atoms with Crippen LogP contribution in [0.5, 0.6) is 0 Å². The van der Waals surface area contributed by atoms with Gasteiger partial charge in [-0.2, -0.15) is 0 Å². The number of hydrogen-bond acceptors (Lipinski definition) is 3. The molecule has 0 rings (SSSR count). The minimum atomic E-state index is -0.542. The minimum absolute atomic E-state index is 0.00704. The van der Waals surface area contributed by atoms with E-state index in [1.807, 2.05) is 13.8 Å². The summed E-state index contributed by atoms with van der Waals surface area (Å²) >= 11 is 0. The molecule has 0 heterocycles. The van der Waals surface area contributed by atoms with Crippen molar-refractivity contribution in [1.82, 2.24) is 10.2 Å². The molecule has 0 saturated carbocycles. The van der Waals surface area contributed by atoms with Gasteiger partial charge in [0.25, 0.3) is 0 Å². The number of carbonyl (C=O) groups excluding carboxylic acids is 2. The Bertz CT molecular complexity index is 256. The molecule has 0 atom stereocenters. The first-order valence-electron chi connectivity index (χ1n) is 5.35. The fraction of sp³-hybridized carbons (Fsp3) is 0.818. The maximum atomic E-state index is 11.5. The highest BCUT2D eigenvalue weighted by Gasteiger charge is 2.21. The topological polar surface area (TPSA) is 58.6 Å². The highest BCUT2D eigenvalue weighted by Crippen LogP contribution is 2.08. The zero-order chi connectivity index (χ0) is 12.9. The van der Waals surface area contributed by atoms with E-state index in [0.717, 1.165) is 0 Å². The Morgan fingerprint density at radius 2 is 1.81 bits per heavy atom. The molecule has 0 aromatic rings. The number of likely N-dealkylation sites (N-methyl/N-ethyl adjacent to an activating group) is 1. The third-order valence-electron chi connectivity index (χ3n) is 1.54. The van der Waals surface area contributed by atoms with Gasteiger partial charge < -0.3 is 15.0 Å². The minimum Gasteiger partial charge on any atom is -0.444 e. The molecule has 0 aliphatic carbocycles. The molecule has 94 valence electrons. The molecule has 0 aromatic carbocycles. The van der Waals surface area contributed by atoms with Crippen LogP contribution in [0.25, 0.3) is 0 Å². The molecule has 16 heavy (non-hydrogen) atoms. The number of nitrogens with zero attached hydrogens (tertiary/aromatic N) is 1. The average molecular weight is 230 g/mol. The van der Waals surface area contributed by atoms with Crippen LogP contribution in [0, 0.1) is 0 Å². The van der Waals surface area contributed by atoms with Crippen LogP contribution < -0.4 is 5.32 Å². The number of nitrogens with one attached hydrogen (secondary N) is 1. The molecule has 5 nitrogen and oxygen atoms in total. The van der Waals surface area contributed by atoms with E-state index in [1.165, 1.54) is 11.9 Å². The summed E-state index contributed by atoms with van der Waals surface area (Å²) < 4.78 is 5.11. The van der Waals surface area contributed by atoms with Gasteiger partial charge in [0, 0.05) is 13.1 Å². The molecule has 0 aliphatic rings. The summed E-state index contributed by atoms with van der Waals surface area (Å²) in [5.41, 5.74) is -0.542. The van der Waals surface area contributed by atoms with Gasteiger partial charge in [-0.3, -0.25) is 4.79 Å². The SMILES string of the molecule is CC(C)NC(=O)CN(C)C(=O)OC(C)(C)C. The molecule has 0 spiro atoms. The highest BCUT2D eigenvalue weighted by atomic mass is 16.6. The van der Waals surface area contributed by atoms with E-state index in [1.54, 1.807) is 20.8 Å². The average Bonchev–Trinajstić information content (AvgIpc) is 1.98. The zero-order valence-corrected chi connectivity index (χ0v) is 11.0. The van der Waals surface area contributed by atoms with Crippen molar-refractivity contribution in [3.63, 3.8) is 0 Å². The second-order valence-corrected chi connectivity index (χ2v) is 5.06. The number of ether oxygens (including phenoxy) is 1. The predicted octanol–water partition coefficient (Wildman–Crippen LogP) is 1.38. The van der Waals surface area contributed by atoms with Crippen LogP contribution in [-0.2, 0) is 9.53 Å². The molecule has 0 radical (unpaired) electrons. The molecular formula is C11H22N2O3. The van der Waals surface area contributed by atoms with Crippen molar-refractivity contribution in [2.45, 2.75) is 46.3 Å². The summed E-state index contributed by atoms with van der Waals surface area (Å²) in [5.74, 6) is -0.191. The molecule has 0 aromatic heterocycles. The Morgan fingerprint density at radius 1 is 1.31 bits per heavy atom. The summed E-state index contributed by atoms with van der Waals surface area (Å²) in [6, 6.07) is 0.0690. The maximum absolute atomic E-state index is 11.5. The number of amides is 2. The molecule has 1 N–H and O–H groups in total. The van der Waals surface area contributed by atoms with Gasteiger partial charge in [0.15, 0.2) is 0 Å². The van der Waals surface area contributed by atoms with Gasteiger partial charge in [0.1, 0.15) is 12.1 Å². The van der Waals surface area contributed by atoms with E-state index >= 15 is 0 Å². The third kappa shape index (κ3) is 7.09. The first-order chi connectivity index (χ1) is 7.11. The Morgan fingerprint density at radius 3 is 2.19 bits per heavy atom. The third-order valence-corrected chi connectivity index (χ3v) is 1.54. The second kappa shape index (κ2) is 5.72. The lowest BCUT2D eigenvalue weighted by atomic mass is 10.2. The molecule has 0 fully saturated rings. The summed E-state index contributed by atoms with van der Waals surface area (Å²) in [4.78, 5) is 24.1. The van der Waals surface area contributed by atoms with Crippen molar-refractivity contribution in [3.8, 4) is 0 Å². The first-order valence-corrected chi connectivity index (χ1v) is 5.35.